The molecule has 0 unspecified atom stereocenters. The van der Waals surface area contributed by atoms with Crippen LogP contribution in [0.15, 0.2) is 39.6 Å². The number of thioether (sulfide) groups is 1. The van der Waals surface area contributed by atoms with Crippen molar-refractivity contribution >= 4 is 11.8 Å². The van der Waals surface area contributed by atoms with Gasteiger partial charge in [0.1, 0.15) is 11.5 Å². The van der Waals surface area contributed by atoms with E-state index in [1.807, 2.05) is 24.9 Å². The van der Waals surface area contributed by atoms with E-state index in [1.165, 1.54) is 16.0 Å². The molecule has 2 aromatic rings. The van der Waals surface area contributed by atoms with E-state index in [1.54, 1.807) is 0 Å². The zero-order valence-corrected chi connectivity index (χ0v) is 11.9. The Hall–Kier alpha value is -1.19. The van der Waals surface area contributed by atoms with Crippen LogP contribution in [0.5, 0.6) is 0 Å². The molecule has 2 nitrogen and oxygen atoms in total. The molecule has 0 radical (unpaired) electrons. The van der Waals surface area contributed by atoms with Crippen LogP contribution < -0.4 is 5.32 Å². The summed E-state index contributed by atoms with van der Waals surface area (Å²) in [4.78, 5) is 1.33. The first-order chi connectivity index (χ1) is 8.69. The molecule has 1 heterocycles. The van der Waals surface area contributed by atoms with Gasteiger partial charge in [0.15, 0.2) is 0 Å². The Bertz CT molecular complexity index is 519. The highest BCUT2D eigenvalue weighted by molar-refractivity contribution is 7.98. The van der Waals surface area contributed by atoms with Crippen molar-refractivity contribution in [1.29, 1.82) is 0 Å². The molecule has 3 heteroatoms. The van der Waals surface area contributed by atoms with Crippen LogP contribution in [0, 0.1) is 13.8 Å². The molecule has 2 rings (SSSR count). The summed E-state index contributed by atoms with van der Waals surface area (Å²) >= 11 is 1.83. The fourth-order valence-corrected chi connectivity index (χ4v) is 2.78. The molecule has 0 bridgehead atoms. The van der Waals surface area contributed by atoms with E-state index < -0.39 is 0 Å². The molecule has 0 saturated heterocycles. The zero-order chi connectivity index (χ0) is 13.0. The molecule has 0 aliphatic carbocycles. The Morgan fingerprint density at radius 1 is 1.11 bits per heavy atom. The van der Waals surface area contributed by atoms with Gasteiger partial charge in [-0.05, 0) is 44.7 Å². The second-order valence-electron chi connectivity index (χ2n) is 4.46. The third kappa shape index (κ3) is 3.40. The lowest BCUT2D eigenvalue weighted by Gasteiger charge is -2.05. The van der Waals surface area contributed by atoms with Crippen molar-refractivity contribution in [3.63, 3.8) is 0 Å². The highest BCUT2D eigenvalue weighted by Gasteiger charge is 2.04. The van der Waals surface area contributed by atoms with Crippen molar-refractivity contribution in [2.45, 2.75) is 31.0 Å². The van der Waals surface area contributed by atoms with Crippen LogP contribution in [0.4, 0.5) is 0 Å². The third-order valence-electron chi connectivity index (χ3n) is 2.77. The molecule has 18 heavy (non-hydrogen) atoms. The number of hydrogen-bond donors (Lipinski definition) is 1. The maximum absolute atomic E-state index is 5.73. The Morgan fingerprint density at radius 3 is 2.61 bits per heavy atom. The van der Waals surface area contributed by atoms with Crippen LogP contribution in [0.2, 0.25) is 0 Å². The number of benzene rings is 1. The first kappa shape index (κ1) is 13.2. The smallest absolute Gasteiger partial charge is 0.117 e. The van der Waals surface area contributed by atoms with Gasteiger partial charge in [-0.15, -0.1) is 11.8 Å². The molecule has 1 aromatic heterocycles. The Balaban J connectivity index is 1.97. The first-order valence-corrected chi connectivity index (χ1v) is 7.10. The van der Waals surface area contributed by atoms with Crippen molar-refractivity contribution in [2.75, 3.05) is 7.05 Å². The van der Waals surface area contributed by atoms with E-state index in [0.29, 0.717) is 0 Å². The summed E-state index contributed by atoms with van der Waals surface area (Å²) in [5.74, 6) is 2.91. The van der Waals surface area contributed by atoms with Crippen molar-refractivity contribution < 1.29 is 4.42 Å². The lowest BCUT2D eigenvalue weighted by molar-refractivity contribution is 0.469. The van der Waals surface area contributed by atoms with Gasteiger partial charge in [-0.3, -0.25) is 0 Å². The van der Waals surface area contributed by atoms with Gasteiger partial charge in [-0.1, -0.05) is 17.7 Å². The van der Waals surface area contributed by atoms with Crippen LogP contribution >= 0.6 is 11.8 Å². The first-order valence-electron chi connectivity index (χ1n) is 6.11. The second kappa shape index (κ2) is 6.12. The monoisotopic (exact) mass is 261 g/mol. The van der Waals surface area contributed by atoms with Crippen LogP contribution in [0.1, 0.15) is 22.6 Å². The lowest BCUT2D eigenvalue weighted by Crippen LogP contribution is -2.03. The summed E-state index contributed by atoms with van der Waals surface area (Å²) in [7, 11) is 1.92. The minimum atomic E-state index is 0.786. The SMILES string of the molecule is CNCc1ccc(CSc2ccc(C)cc2C)o1. The minimum Gasteiger partial charge on any atom is -0.464 e. The summed E-state index contributed by atoms with van der Waals surface area (Å²) in [5.41, 5.74) is 2.65. The van der Waals surface area contributed by atoms with Crippen molar-refractivity contribution in [1.82, 2.24) is 5.32 Å². The van der Waals surface area contributed by atoms with E-state index in [2.05, 4.69) is 43.4 Å². The number of nitrogens with one attached hydrogen (secondary N) is 1. The van der Waals surface area contributed by atoms with Crippen LogP contribution in [0.25, 0.3) is 0 Å². The zero-order valence-electron chi connectivity index (χ0n) is 11.1. The summed E-state index contributed by atoms with van der Waals surface area (Å²) in [6.07, 6.45) is 0. The van der Waals surface area contributed by atoms with Crippen LogP contribution in [-0.2, 0) is 12.3 Å². The van der Waals surface area contributed by atoms with Gasteiger partial charge in [-0.25, -0.2) is 0 Å². The molecule has 1 aromatic carbocycles. The predicted octanol–water partition coefficient (Wildman–Crippen LogP) is 3.91. The minimum absolute atomic E-state index is 0.786. The lowest BCUT2D eigenvalue weighted by atomic mass is 10.2. The average Bonchev–Trinajstić information content (AvgIpc) is 2.76. The van der Waals surface area contributed by atoms with E-state index in [9.17, 15) is 0 Å². The second-order valence-corrected chi connectivity index (χ2v) is 5.47. The number of furan rings is 1. The number of rotatable bonds is 5. The molecule has 0 aliphatic rings. The van der Waals surface area contributed by atoms with Crippen molar-refractivity contribution in [3.05, 3.63) is 53.0 Å². The molecular weight excluding hydrogens is 242 g/mol. The quantitative estimate of drug-likeness (QED) is 0.826. The Kier molecular flexibility index (Phi) is 4.50. The molecule has 0 fully saturated rings. The van der Waals surface area contributed by atoms with Crippen LogP contribution in [0.3, 0.4) is 0 Å². The van der Waals surface area contributed by atoms with Gasteiger partial charge in [-0.2, -0.15) is 0 Å². The van der Waals surface area contributed by atoms with Gasteiger partial charge < -0.3 is 9.73 Å². The van der Waals surface area contributed by atoms with E-state index in [-0.39, 0.29) is 0 Å². The fourth-order valence-electron chi connectivity index (χ4n) is 1.88. The maximum Gasteiger partial charge on any atom is 0.117 e. The summed E-state index contributed by atoms with van der Waals surface area (Å²) in [5, 5.41) is 3.09. The fraction of sp³-hybridized carbons (Fsp3) is 0.333. The molecule has 0 spiro atoms. The van der Waals surface area contributed by atoms with Gasteiger partial charge in [0.25, 0.3) is 0 Å². The summed E-state index contributed by atoms with van der Waals surface area (Å²) < 4.78 is 5.73. The Labute approximate surface area is 113 Å². The highest BCUT2D eigenvalue weighted by atomic mass is 32.2. The molecule has 0 aliphatic heterocycles. The summed E-state index contributed by atoms with van der Waals surface area (Å²) in [6.45, 7) is 5.07. The Morgan fingerprint density at radius 2 is 1.89 bits per heavy atom. The average molecular weight is 261 g/mol. The maximum atomic E-state index is 5.73. The standard InChI is InChI=1S/C15H19NOS/c1-11-4-7-15(12(2)8-11)18-10-14-6-5-13(17-14)9-16-3/h4-8,16H,9-10H2,1-3H3. The predicted molar refractivity (Wildman–Crippen MR) is 76.9 cm³/mol. The van der Waals surface area contributed by atoms with E-state index >= 15 is 0 Å². The van der Waals surface area contributed by atoms with Gasteiger partial charge in [0.05, 0.1) is 12.3 Å². The third-order valence-corrected chi connectivity index (χ3v) is 3.97. The molecule has 96 valence electrons. The molecule has 0 atom stereocenters. The molecule has 0 amide bonds. The van der Waals surface area contributed by atoms with E-state index in [0.717, 1.165) is 23.8 Å². The van der Waals surface area contributed by atoms with E-state index in [4.69, 9.17) is 4.42 Å². The van der Waals surface area contributed by atoms with Crippen LogP contribution in [-0.4, -0.2) is 7.05 Å². The number of aryl methyl sites for hydroxylation is 2. The van der Waals surface area contributed by atoms with Gasteiger partial charge in [0.2, 0.25) is 0 Å². The van der Waals surface area contributed by atoms with Crippen molar-refractivity contribution in [2.24, 2.45) is 0 Å². The van der Waals surface area contributed by atoms with Crippen molar-refractivity contribution in [3.8, 4) is 0 Å². The van der Waals surface area contributed by atoms with Gasteiger partial charge >= 0.3 is 0 Å². The highest BCUT2D eigenvalue weighted by Crippen LogP contribution is 2.27. The molecule has 1 N–H and O–H groups in total. The molecular formula is C15H19NOS. The van der Waals surface area contributed by atoms with Gasteiger partial charge in [0, 0.05) is 4.90 Å². The molecule has 0 saturated carbocycles. The summed E-state index contributed by atoms with van der Waals surface area (Å²) in [6, 6.07) is 10.7. The topological polar surface area (TPSA) is 25.2 Å². The number of hydrogen-bond acceptors (Lipinski definition) is 3. The normalized spacial score (nSPS) is 10.8. The largest absolute Gasteiger partial charge is 0.464 e.